The smallest absolute Gasteiger partial charge is 0.123 e. The van der Waals surface area contributed by atoms with Gasteiger partial charge in [-0.2, -0.15) is 5.10 Å². The number of aromatic nitrogens is 2. The van der Waals surface area contributed by atoms with Gasteiger partial charge in [-0.3, -0.25) is 4.90 Å². The highest BCUT2D eigenvalue weighted by molar-refractivity contribution is 5.31. The van der Waals surface area contributed by atoms with E-state index >= 15 is 0 Å². The van der Waals surface area contributed by atoms with Crippen LogP contribution in [-0.4, -0.2) is 40.9 Å². The number of likely N-dealkylation sites (N-methyl/N-ethyl adjacent to an activating group) is 1. The van der Waals surface area contributed by atoms with Gasteiger partial charge in [-0.25, -0.2) is 9.07 Å². The van der Waals surface area contributed by atoms with E-state index in [-0.39, 0.29) is 5.82 Å². The van der Waals surface area contributed by atoms with E-state index in [0.29, 0.717) is 6.04 Å². The van der Waals surface area contributed by atoms with Gasteiger partial charge in [-0.1, -0.05) is 0 Å². The third-order valence-corrected chi connectivity index (χ3v) is 4.03. The van der Waals surface area contributed by atoms with Crippen molar-refractivity contribution in [3.63, 3.8) is 0 Å². The molecule has 2 aromatic rings. The largest absolute Gasteiger partial charge is 0.316 e. The molecule has 2 heterocycles. The van der Waals surface area contributed by atoms with Gasteiger partial charge in [0, 0.05) is 25.3 Å². The average molecular weight is 288 g/mol. The molecule has 0 bridgehead atoms. The molecule has 1 N–H and O–H groups in total. The summed E-state index contributed by atoms with van der Waals surface area (Å²) in [6.45, 7) is 3.06. The van der Waals surface area contributed by atoms with Gasteiger partial charge in [-0.15, -0.1) is 0 Å². The summed E-state index contributed by atoms with van der Waals surface area (Å²) in [5, 5.41) is 7.94. The van der Waals surface area contributed by atoms with Crippen molar-refractivity contribution in [2.75, 3.05) is 20.1 Å². The number of nitrogens with one attached hydrogen (secondary N) is 1. The fourth-order valence-corrected chi connectivity index (χ4v) is 2.85. The van der Waals surface area contributed by atoms with Crippen molar-refractivity contribution in [1.29, 1.82) is 0 Å². The van der Waals surface area contributed by atoms with Crippen molar-refractivity contribution >= 4 is 0 Å². The Kier molecular flexibility index (Phi) is 4.31. The number of hydrogen-bond acceptors (Lipinski definition) is 3. The molecule has 0 spiro atoms. The van der Waals surface area contributed by atoms with Crippen LogP contribution < -0.4 is 5.32 Å². The van der Waals surface area contributed by atoms with Crippen molar-refractivity contribution in [1.82, 2.24) is 20.0 Å². The second-order valence-electron chi connectivity index (χ2n) is 5.59. The van der Waals surface area contributed by atoms with E-state index in [0.717, 1.165) is 31.0 Å². The summed E-state index contributed by atoms with van der Waals surface area (Å²) in [5.74, 6) is -0.224. The number of nitrogens with zero attached hydrogens (tertiary/aromatic N) is 3. The average Bonchev–Trinajstić information content (AvgIpc) is 2.96. The number of benzene rings is 1. The number of hydrogen-bond donors (Lipinski definition) is 1. The highest BCUT2D eigenvalue weighted by Gasteiger charge is 2.19. The van der Waals surface area contributed by atoms with Crippen LogP contribution in [0.1, 0.15) is 18.5 Å². The summed E-state index contributed by atoms with van der Waals surface area (Å²) in [6, 6.07) is 9.01. The zero-order valence-corrected chi connectivity index (χ0v) is 12.3. The molecule has 3 rings (SSSR count). The topological polar surface area (TPSA) is 33.1 Å². The van der Waals surface area contributed by atoms with Gasteiger partial charge in [0.2, 0.25) is 0 Å². The number of piperidine rings is 1. The molecule has 1 aromatic heterocycles. The molecule has 1 aliphatic heterocycles. The molecule has 0 amide bonds. The maximum atomic E-state index is 12.9. The second-order valence-corrected chi connectivity index (χ2v) is 5.59. The van der Waals surface area contributed by atoms with Gasteiger partial charge >= 0.3 is 0 Å². The highest BCUT2D eigenvalue weighted by Crippen LogP contribution is 2.14. The number of halogens is 1. The molecule has 0 radical (unpaired) electrons. The van der Waals surface area contributed by atoms with E-state index in [4.69, 9.17) is 0 Å². The molecule has 112 valence electrons. The van der Waals surface area contributed by atoms with Crippen LogP contribution in [0, 0.1) is 5.82 Å². The predicted molar refractivity (Wildman–Crippen MR) is 80.9 cm³/mol. The summed E-state index contributed by atoms with van der Waals surface area (Å²) < 4.78 is 14.7. The Balaban J connectivity index is 1.66. The lowest BCUT2D eigenvalue weighted by Crippen LogP contribution is -2.43. The molecule has 1 fully saturated rings. The van der Waals surface area contributed by atoms with E-state index in [1.54, 1.807) is 16.8 Å². The maximum Gasteiger partial charge on any atom is 0.123 e. The van der Waals surface area contributed by atoms with Crippen molar-refractivity contribution in [2.24, 2.45) is 0 Å². The fraction of sp³-hybridized carbons (Fsp3) is 0.438. The molecule has 1 atom stereocenters. The summed E-state index contributed by atoms with van der Waals surface area (Å²) >= 11 is 0. The first-order valence-electron chi connectivity index (χ1n) is 7.45. The molecule has 1 unspecified atom stereocenters. The van der Waals surface area contributed by atoms with Crippen LogP contribution in [0.5, 0.6) is 0 Å². The van der Waals surface area contributed by atoms with Gasteiger partial charge in [0.15, 0.2) is 0 Å². The minimum Gasteiger partial charge on any atom is -0.316 e. The summed E-state index contributed by atoms with van der Waals surface area (Å²) in [6.07, 6.45) is 4.41. The summed E-state index contributed by atoms with van der Waals surface area (Å²) in [4.78, 5) is 2.43. The minimum atomic E-state index is -0.224. The zero-order valence-electron chi connectivity index (χ0n) is 12.3. The van der Waals surface area contributed by atoms with Gasteiger partial charge in [0.1, 0.15) is 5.82 Å². The standard InChI is InChI=1S/C16H21FN4/c1-18-14-3-2-9-20(11-14)12-15-8-10-21(19-15)16-6-4-13(17)5-7-16/h4-8,10,14,18H,2-3,9,11-12H2,1H3. The Labute approximate surface area is 124 Å². The van der Waals surface area contributed by atoms with Crippen molar-refractivity contribution in [2.45, 2.75) is 25.4 Å². The molecular formula is C16H21FN4. The lowest BCUT2D eigenvalue weighted by Gasteiger charge is -2.31. The lowest BCUT2D eigenvalue weighted by molar-refractivity contribution is 0.186. The number of likely N-dealkylation sites (tertiary alicyclic amines) is 1. The van der Waals surface area contributed by atoms with E-state index < -0.39 is 0 Å². The van der Waals surface area contributed by atoms with Gasteiger partial charge in [-0.05, 0) is 56.8 Å². The Morgan fingerprint density at radius 1 is 1.29 bits per heavy atom. The highest BCUT2D eigenvalue weighted by atomic mass is 19.1. The first kappa shape index (κ1) is 14.2. The van der Waals surface area contributed by atoms with E-state index in [9.17, 15) is 4.39 Å². The van der Waals surface area contributed by atoms with Crippen LogP contribution in [0.15, 0.2) is 36.5 Å². The lowest BCUT2D eigenvalue weighted by atomic mass is 10.1. The van der Waals surface area contributed by atoms with Crippen LogP contribution >= 0.6 is 0 Å². The van der Waals surface area contributed by atoms with Crippen molar-refractivity contribution < 1.29 is 4.39 Å². The molecule has 0 aliphatic carbocycles. The van der Waals surface area contributed by atoms with E-state index in [1.165, 1.54) is 25.0 Å². The van der Waals surface area contributed by atoms with Gasteiger partial charge in [0.05, 0.1) is 11.4 Å². The van der Waals surface area contributed by atoms with Gasteiger partial charge < -0.3 is 5.32 Å². The third-order valence-electron chi connectivity index (χ3n) is 4.03. The second kappa shape index (κ2) is 6.37. The first-order chi connectivity index (χ1) is 10.2. The number of rotatable bonds is 4. The predicted octanol–water partition coefficient (Wildman–Crippen LogP) is 2.20. The maximum absolute atomic E-state index is 12.9. The van der Waals surface area contributed by atoms with Gasteiger partial charge in [0.25, 0.3) is 0 Å². The SMILES string of the molecule is CNC1CCCN(Cc2ccn(-c3ccc(F)cc3)n2)C1. The quantitative estimate of drug-likeness (QED) is 0.936. The van der Waals surface area contributed by atoms with Crippen LogP contribution in [0.3, 0.4) is 0 Å². The molecule has 5 heteroatoms. The summed E-state index contributed by atoms with van der Waals surface area (Å²) in [7, 11) is 2.03. The van der Waals surface area contributed by atoms with Crippen molar-refractivity contribution in [3.05, 3.63) is 48.0 Å². The van der Waals surface area contributed by atoms with Crippen LogP contribution in [-0.2, 0) is 6.54 Å². The minimum absolute atomic E-state index is 0.224. The normalized spacial score (nSPS) is 19.8. The summed E-state index contributed by atoms with van der Waals surface area (Å²) in [5.41, 5.74) is 1.94. The Hall–Kier alpha value is -1.72. The van der Waals surface area contributed by atoms with Crippen LogP contribution in [0.25, 0.3) is 5.69 Å². The van der Waals surface area contributed by atoms with Crippen LogP contribution in [0.2, 0.25) is 0 Å². The molecule has 1 aromatic carbocycles. The molecule has 0 saturated carbocycles. The van der Waals surface area contributed by atoms with Crippen molar-refractivity contribution in [3.8, 4) is 5.69 Å². The Morgan fingerprint density at radius 2 is 2.10 bits per heavy atom. The Morgan fingerprint density at radius 3 is 2.86 bits per heavy atom. The van der Waals surface area contributed by atoms with E-state index in [2.05, 4.69) is 15.3 Å². The Bertz CT molecular complexity index is 578. The molecule has 1 aliphatic rings. The fourth-order valence-electron chi connectivity index (χ4n) is 2.85. The van der Waals surface area contributed by atoms with E-state index in [1.807, 2.05) is 19.3 Å². The van der Waals surface area contributed by atoms with Crippen LogP contribution in [0.4, 0.5) is 4.39 Å². The molecule has 4 nitrogen and oxygen atoms in total. The first-order valence-corrected chi connectivity index (χ1v) is 7.45. The molecule has 1 saturated heterocycles. The third kappa shape index (κ3) is 3.49. The molecule has 21 heavy (non-hydrogen) atoms. The monoisotopic (exact) mass is 288 g/mol. The zero-order chi connectivity index (χ0) is 14.7. The molecular weight excluding hydrogens is 267 g/mol.